The van der Waals surface area contributed by atoms with Crippen LogP contribution in [0.1, 0.15) is 16.8 Å². The standard InChI is InChI=1S/C12H15IN2O2/c1-15(2)11(16)7-8-14-12(17)9-3-5-10(13)6-4-9/h3-6H,7-8H2,1-2H3,(H,14,17). The molecule has 0 aliphatic heterocycles. The van der Waals surface area contributed by atoms with Gasteiger partial charge < -0.3 is 10.2 Å². The summed E-state index contributed by atoms with van der Waals surface area (Å²) in [7, 11) is 3.40. The van der Waals surface area contributed by atoms with Gasteiger partial charge in [-0.3, -0.25) is 9.59 Å². The maximum Gasteiger partial charge on any atom is 0.251 e. The zero-order chi connectivity index (χ0) is 12.8. The van der Waals surface area contributed by atoms with Gasteiger partial charge in [-0.2, -0.15) is 0 Å². The zero-order valence-electron chi connectivity index (χ0n) is 9.87. The van der Waals surface area contributed by atoms with Crippen molar-refractivity contribution >= 4 is 34.4 Å². The molecule has 1 N–H and O–H groups in total. The Kier molecular flexibility index (Phi) is 5.40. The molecule has 0 atom stereocenters. The van der Waals surface area contributed by atoms with Gasteiger partial charge >= 0.3 is 0 Å². The number of halogens is 1. The van der Waals surface area contributed by atoms with Crippen LogP contribution in [0, 0.1) is 3.57 Å². The quantitative estimate of drug-likeness (QED) is 0.840. The Bertz CT molecular complexity index is 401. The molecule has 0 aliphatic rings. The van der Waals surface area contributed by atoms with E-state index in [0.717, 1.165) is 3.57 Å². The van der Waals surface area contributed by atoms with Crippen LogP contribution in [-0.4, -0.2) is 37.4 Å². The first-order valence-corrected chi connectivity index (χ1v) is 6.32. The molecule has 0 saturated heterocycles. The molecule has 0 unspecified atom stereocenters. The first-order chi connectivity index (χ1) is 8.00. The minimum absolute atomic E-state index is 0.00732. The fourth-order valence-electron chi connectivity index (χ4n) is 1.21. The number of carbonyl (C=O) groups is 2. The SMILES string of the molecule is CN(C)C(=O)CCNC(=O)c1ccc(I)cc1. The average molecular weight is 346 g/mol. The van der Waals surface area contributed by atoms with Crippen LogP contribution in [0.15, 0.2) is 24.3 Å². The van der Waals surface area contributed by atoms with Crippen molar-refractivity contribution in [1.82, 2.24) is 10.2 Å². The number of carbonyl (C=O) groups excluding carboxylic acids is 2. The highest BCUT2D eigenvalue weighted by molar-refractivity contribution is 14.1. The van der Waals surface area contributed by atoms with Gasteiger partial charge in [0.25, 0.3) is 5.91 Å². The van der Waals surface area contributed by atoms with E-state index in [2.05, 4.69) is 27.9 Å². The van der Waals surface area contributed by atoms with Gasteiger partial charge in [-0.25, -0.2) is 0 Å². The van der Waals surface area contributed by atoms with Crippen LogP contribution in [-0.2, 0) is 4.79 Å². The van der Waals surface area contributed by atoms with E-state index in [0.29, 0.717) is 18.5 Å². The molecule has 1 aromatic carbocycles. The van der Waals surface area contributed by atoms with Crippen LogP contribution in [0.5, 0.6) is 0 Å². The summed E-state index contributed by atoms with van der Waals surface area (Å²) in [6.07, 6.45) is 0.323. The topological polar surface area (TPSA) is 49.4 Å². The largest absolute Gasteiger partial charge is 0.352 e. The minimum Gasteiger partial charge on any atom is -0.352 e. The van der Waals surface area contributed by atoms with Crippen molar-refractivity contribution in [2.24, 2.45) is 0 Å². The smallest absolute Gasteiger partial charge is 0.251 e. The first kappa shape index (κ1) is 14.0. The van der Waals surface area contributed by atoms with E-state index in [9.17, 15) is 9.59 Å². The second kappa shape index (κ2) is 6.58. The van der Waals surface area contributed by atoms with Gasteiger partial charge in [0.1, 0.15) is 0 Å². The monoisotopic (exact) mass is 346 g/mol. The highest BCUT2D eigenvalue weighted by atomic mass is 127. The van der Waals surface area contributed by atoms with E-state index < -0.39 is 0 Å². The molecular weight excluding hydrogens is 331 g/mol. The van der Waals surface area contributed by atoms with Gasteiger partial charge in [0.2, 0.25) is 5.91 Å². The minimum atomic E-state index is -0.145. The lowest BCUT2D eigenvalue weighted by molar-refractivity contribution is -0.128. The molecule has 17 heavy (non-hydrogen) atoms. The third kappa shape index (κ3) is 4.72. The van der Waals surface area contributed by atoms with E-state index in [1.54, 1.807) is 26.2 Å². The van der Waals surface area contributed by atoms with Crippen molar-refractivity contribution in [1.29, 1.82) is 0 Å². The molecular formula is C12H15IN2O2. The average Bonchev–Trinajstić information content (AvgIpc) is 2.29. The van der Waals surface area contributed by atoms with E-state index >= 15 is 0 Å². The number of nitrogens with zero attached hydrogens (tertiary/aromatic N) is 1. The number of benzene rings is 1. The lowest BCUT2D eigenvalue weighted by Crippen LogP contribution is -2.30. The van der Waals surface area contributed by atoms with Crippen LogP contribution in [0.3, 0.4) is 0 Å². The Morgan fingerprint density at radius 3 is 2.35 bits per heavy atom. The summed E-state index contributed by atoms with van der Waals surface area (Å²) < 4.78 is 1.09. The summed E-state index contributed by atoms with van der Waals surface area (Å²) in [5.74, 6) is -0.138. The molecule has 0 radical (unpaired) electrons. The molecule has 0 fully saturated rings. The molecule has 1 rings (SSSR count). The molecule has 5 heteroatoms. The second-order valence-electron chi connectivity index (χ2n) is 3.80. The maximum atomic E-state index is 11.7. The molecule has 0 aromatic heterocycles. The lowest BCUT2D eigenvalue weighted by atomic mass is 10.2. The molecule has 0 heterocycles. The van der Waals surface area contributed by atoms with Gasteiger partial charge in [0.05, 0.1) is 0 Å². The molecule has 4 nitrogen and oxygen atoms in total. The Morgan fingerprint density at radius 2 is 1.82 bits per heavy atom. The Labute approximate surface area is 115 Å². The summed E-state index contributed by atoms with van der Waals surface area (Å²) in [6, 6.07) is 7.29. The summed E-state index contributed by atoms with van der Waals surface area (Å²) in [5, 5.41) is 2.72. The third-order valence-electron chi connectivity index (χ3n) is 2.23. The summed E-state index contributed by atoms with van der Waals surface area (Å²) >= 11 is 2.18. The predicted octanol–water partition coefficient (Wildman–Crippen LogP) is 1.50. The Morgan fingerprint density at radius 1 is 1.24 bits per heavy atom. The fraction of sp³-hybridized carbons (Fsp3) is 0.333. The van der Waals surface area contributed by atoms with Gasteiger partial charge in [0.15, 0.2) is 0 Å². The third-order valence-corrected chi connectivity index (χ3v) is 2.95. The first-order valence-electron chi connectivity index (χ1n) is 5.24. The predicted molar refractivity (Wildman–Crippen MR) is 74.8 cm³/mol. The van der Waals surface area contributed by atoms with E-state index in [-0.39, 0.29) is 11.8 Å². The van der Waals surface area contributed by atoms with Crippen molar-refractivity contribution in [2.75, 3.05) is 20.6 Å². The molecule has 0 spiro atoms. The number of hydrogen-bond donors (Lipinski definition) is 1. The van der Waals surface area contributed by atoms with Crippen LogP contribution < -0.4 is 5.32 Å². The van der Waals surface area contributed by atoms with Crippen molar-refractivity contribution in [3.63, 3.8) is 0 Å². The van der Waals surface area contributed by atoms with Crippen LogP contribution in [0.4, 0.5) is 0 Å². The van der Waals surface area contributed by atoms with Crippen LogP contribution in [0.25, 0.3) is 0 Å². The molecule has 0 aliphatic carbocycles. The van der Waals surface area contributed by atoms with Crippen LogP contribution in [0.2, 0.25) is 0 Å². The lowest BCUT2D eigenvalue weighted by Gasteiger charge is -2.10. The number of rotatable bonds is 4. The zero-order valence-corrected chi connectivity index (χ0v) is 12.0. The van der Waals surface area contributed by atoms with Gasteiger partial charge in [0, 0.05) is 36.2 Å². The van der Waals surface area contributed by atoms with E-state index in [4.69, 9.17) is 0 Å². The summed E-state index contributed by atoms with van der Waals surface area (Å²) in [6.45, 7) is 0.363. The molecule has 0 saturated carbocycles. The van der Waals surface area contributed by atoms with Crippen molar-refractivity contribution in [2.45, 2.75) is 6.42 Å². The number of hydrogen-bond acceptors (Lipinski definition) is 2. The van der Waals surface area contributed by atoms with E-state index in [1.165, 1.54) is 4.90 Å². The van der Waals surface area contributed by atoms with Crippen molar-refractivity contribution in [3.05, 3.63) is 33.4 Å². The Balaban J connectivity index is 2.40. The molecule has 1 aromatic rings. The molecule has 92 valence electrons. The molecule has 0 bridgehead atoms. The summed E-state index contributed by atoms with van der Waals surface area (Å²) in [4.78, 5) is 24.5. The van der Waals surface area contributed by atoms with Gasteiger partial charge in [-0.05, 0) is 46.9 Å². The number of amides is 2. The van der Waals surface area contributed by atoms with Crippen molar-refractivity contribution in [3.8, 4) is 0 Å². The van der Waals surface area contributed by atoms with Crippen LogP contribution >= 0.6 is 22.6 Å². The second-order valence-corrected chi connectivity index (χ2v) is 5.05. The highest BCUT2D eigenvalue weighted by Gasteiger charge is 2.07. The van der Waals surface area contributed by atoms with E-state index in [1.807, 2.05) is 12.1 Å². The highest BCUT2D eigenvalue weighted by Crippen LogP contribution is 2.06. The number of nitrogens with one attached hydrogen (secondary N) is 1. The maximum absolute atomic E-state index is 11.7. The fourth-order valence-corrected chi connectivity index (χ4v) is 1.57. The van der Waals surface area contributed by atoms with Crippen molar-refractivity contribution < 1.29 is 9.59 Å². The Hall–Kier alpha value is -1.11. The normalized spacial score (nSPS) is 9.82. The van der Waals surface area contributed by atoms with Gasteiger partial charge in [-0.1, -0.05) is 0 Å². The summed E-state index contributed by atoms with van der Waals surface area (Å²) in [5.41, 5.74) is 0.614. The van der Waals surface area contributed by atoms with Gasteiger partial charge in [-0.15, -0.1) is 0 Å². The molecule has 2 amide bonds.